The molecule has 41 heavy (non-hydrogen) atoms. The highest BCUT2D eigenvalue weighted by Crippen LogP contribution is 2.33. The second-order valence-corrected chi connectivity index (χ2v) is 10.6. The molecule has 0 radical (unpaired) electrons. The Morgan fingerprint density at radius 3 is 1.88 bits per heavy atom. The van der Waals surface area contributed by atoms with Crippen molar-refractivity contribution < 1.29 is 0 Å². The van der Waals surface area contributed by atoms with Gasteiger partial charge in [0.15, 0.2) is 0 Å². The average molecular weight is 525 g/mol. The van der Waals surface area contributed by atoms with Crippen LogP contribution in [0, 0.1) is 0 Å². The Bertz CT molecular complexity index is 2410. The van der Waals surface area contributed by atoms with Gasteiger partial charge in [-0.2, -0.15) is 0 Å². The number of pyridine rings is 1. The van der Waals surface area contributed by atoms with Crippen LogP contribution in [0.4, 0.5) is 0 Å². The molecule has 192 valence electrons. The lowest BCUT2D eigenvalue weighted by molar-refractivity contribution is 0.980. The van der Waals surface area contributed by atoms with Crippen molar-refractivity contribution in [3.05, 3.63) is 138 Å². The van der Waals surface area contributed by atoms with Gasteiger partial charge in [-0.15, -0.1) is 0 Å². The Hall–Kier alpha value is -5.48. The van der Waals surface area contributed by atoms with Gasteiger partial charge < -0.3 is 4.57 Å². The monoisotopic (exact) mass is 524 g/mol. The molecule has 9 rings (SSSR count). The zero-order valence-corrected chi connectivity index (χ0v) is 22.2. The van der Waals surface area contributed by atoms with Crippen LogP contribution in [-0.4, -0.2) is 20.7 Å². The van der Waals surface area contributed by atoms with E-state index in [-0.39, 0.29) is 0 Å². The van der Waals surface area contributed by atoms with Gasteiger partial charge in [0, 0.05) is 44.3 Å². The largest absolute Gasteiger partial charge is 0.309 e. The molecule has 0 amide bonds. The Morgan fingerprint density at radius 1 is 0.561 bits per heavy atom. The average Bonchev–Trinajstić information content (AvgIpc) is 3.72. The molecule has 0 saturated heterocycles. The fourth-order valence-corrected chi connectivity index (χ4v) is 6.59. The summed E-state index contributed by atoms with van der Waals surface area (Å²) in [5, 5.41) is 7.27. The molecule has 0 saturated carbocycles. The van der Waals surface area contributed by atoms with Crippen LogP contribution in [0.5, 0.6) is 0 Å². The fourth-order valence-electron chi connectivity index (χ4n) is 6.59. The number of benzene rings is 5. The van der Waals surface area contributed by atoms with Crippen molar-refractivity contribution in [2.75, 3.05) is 6.54 Å². The second kappa shape index (κ2) is 8.51. The number of hydrogen-bond acceptors (Lipinski definition) is 2. The van der Waals surface area contributed by atoms with Crippen molar-refractivity contribution in [2.24, 2.45) is 4.99 Å². The molecule has 0 bridgehead atoms. The predicted molar refractivity (Wildman–Crippen MR) is 168 cm³/mol. The summed E-state index contributed by atoms with van der Waals surface area (Å²) in [5.74, 6) is 0. The molecular weight excluding hydrogens is 500 g/mol. The number of hydrogen-bond donors (Lipinski definition) is 0. The molecule has 4 nitrogen and oxygen atoms in total. The van der Waals surface area contributed by atoms with Gasteiger partial charge in [-0.05, 0) is 52.9 Å². The van der Waals surface area contributed by atoms with Gasteiger partial charge in [-0.25, -0.2) is 4.98 Å². The van der Waals surface area contributed by atoms with E-state index in [0.29, 0.717) is 6.54 Å². The quantitative estimate of drug-likeness (QED) is 0.238. The number of para-hydroxylation sites is 2. The maximum absolute atomic E-state index is 4.94. The highest BCUT2D eigenvalue weighted by atomic mass is 15.1. The minimum Gasteiger partial charge on any atom is -0.309 e. The van der Waals surface area contributed by atoms with Crippen LogP contribution in [0.25, 0.3) is 72.2 Å². The summed E-state index contributed by atoms with van der Waals surface area (Å²) >= 11 is 0. The molecule has 0 aliphatic carbocycles. The molecule has 0 N–H and O–H groups in total. The van der Waals surface area contributed by atoms with Gasteiger partial charge in [0.2, 0.25) is 0 Å². The van der Waals surface area contributed by atoms with E-state index in [1.165, 1.54) is 43.4 Å². The van der Waals surface area contributed by atoms with Crippen molar-refractivity contribution in [1.29, 1.82) is 0 Å². The molecule has 1 aliphatic heterocycles. The normalized spacial score (nSPS) is 12.7. The van der Waals surface area contributed by atoms with Crippen molar-refractivity contribution >= 4 is 49.7 Å². The SMILES string of the molecule is C1=c2c(n(-c3cccc(-c4cccc(-n5c6ccccc6c6ccccc65)c4)c3)c3ncc4ccccc4c23)=NC1. The molecule has 0 unspecified atom stereocenters. The number of aromatic nitrogens is 3. The minimum absolute atomic E-state index is 0.699. The maximum Gasteiger partial charge on any atom is 0.147 e. The van der Waals surface area contributed by atoms with E-state index in [2.05, 4.69) is 137 Å². The molecular formula is C37H24N4. The van der Waals surface area contributed by atoms with Gasteiger partial charge in [0.25, 0.3) is 0 Å². The molecule has 0 fully saturated rings. The standard InChI is InChI=1S/C37H24N4/c1-2-14-29-26(9-1)23-39-37-35(29)32-19-20-38-36(32)41(37)28-13-8-11-25(22-28)24-10-7-12-27(21-24)40-33-17-5-3-15-30(33)31-16-4-6-18-34(31)40/h1-19,21-23H,20H2. The van der Waals surface area contributed by atoms with Crippen molar-refractivity contribution in [3.8, 4) is 22.5 Å². The summed E-state index contributed by atoms with van der Waals surface area (Å²) in [6, 6.07) is 43.3. The van der Waals surface area contributed by atoms with Gasteiger partial charge >= 0.3 is 0 Å². The fraction of sp³-hybridized carbons (Fsp3) is 0.0270. The van der Waals surface area contributed by atoms with E-state index in [1.807, 2.05) is 6.20 Å². The predicted octanol–water partition coefficient (Wildman–Crippen LogP) is 7.36. The second-order valence-electron chi connectivity index (χ2n) is 10.6. The van der Waals surface area contributed by atoms with Crippen molar-refractivity contribution in [1.82, 2.24) is 14.1 Å². The van der Waals surface area contributed by atoms with Gasteiger partial charge in [-0.1, -0.05) is 91.0 Å². The summed E-state index contributed by atoms with van der Waals surface area (Å²) in [6.45, 7) is 0.699. The van der Waals surface area contributed by atoms with Crippen LogP contribution < -0.4 is 10.7 Å². The third-order valence-electron chi connectivity index (χ3n) is 8.37. The molecule has 4 heterocycles. The number of fused-ring (bicyclic) bond motifs is 8. The first-order valence-corrected chi connectivity index (χ1v) is 14.0. The zero-order valence-electron chi connectivity index (χ0n) is 22.2. The highest BCUT2D eigenvalue weighted by Gasteiger charge is 2.17. The van der Waals surface area contributed by atoms with Crippen LogP contribution >= 0.6 is 0 Å². The molecule has 5 aromatic carbocycles. The maximum atomic E-state index is 4.94. The third kappa shape index (κ3) is 3.22. The highest BCUT2D eigenvalue weighted by molar-refractivity contribution is 6.09. The van der Waals surface area contributed by atoms with E-state index in [4.69, 9.17) is 9.98 Å². The van der Waals surface area contributed by atoms with Crippen molar-refractivity contribution in [3.63, 3.8) is 0 Å². The van der Waals surface area contributed by atoms with E-state index in [1.54, 1.807) is 0 Å². The Labute approximate surface area is 235 Å². The zero-order chi connectivity index (χ0) is 26.9. The van der Waals surface area contributed by atoms with Gasteiger partial charge in [0.1, 0.15) is 11.1 Å². The first-order valence-electron chi connectivity index (χ1n) is 14.0. The van der Waals surface area contributed by atoms with E-state index in [0.717, 1.165) is 33.5 Å². The summed E-state index contributed by atoms with van der Waals surface area (Å²) < 4.78 is 4.59. The summed E-state index contributed by atoms with van der Waals surface area (Å²) in [6.07, 6.45) is 4.20. The topological polar surface area (TPSA) is 35.1 Å². The number of nitrogens with zero attached hydrogens (tertiary/aromatic N) is 4. The number of rotatable bonds is 3. The minimum atomic E-state index is 0.699. The van der Waals surface area contributed by atoms with Crippen molar-refractivity contribution in [2.45, 2.75) is 0 Å². The lowest BCUT2D eigenvalue weighted by Crippen LogP contribution is -2.25. The first-order chi connectivity index (χ1) is 20.3. The summed E-state index contributed by atoms with van der Waals surface area (Å²) in [7, 11) is 0. The molecule has 4 heteroatoms. The van der Waals surface area contributed by atoms with Crippen LogP contribution in [-0.2, 0) is 0 Å². The Kier molecular flexibility index (Phi) is 4.64. The first kappa shape index (κ1) is 22.3. The lowest BCUT2D eigenvalue weighted by Gasteiger charge is -2.12. The molecule has 8 aromatic rings. The molecule has 3 aromatic heterocycles. The van der Waals surface area contributed by atoms with Gasteiger partial charge in [0.05, 0.1) is 17.6 Å². The Morgan fingerprint density at radius 2 is 1.17 bits per heavy atom. The van der Waals surface area contributed by atoms with E-state index < -0.39 is 0 Å². The Balaban J connectivity index is 1.24. The van der Waals surface area contributed by atoms with Crippen LogP contribution in [0.2, 0.25) is 0 Å². The summed E-state index contributed by atoms with van der Waals surface area (Å²) in [5.41, 5.74) is 8.90. The summed E-state index contributed by atoms with van der Waals surface area (Å²) in [4.78, 5) is 9.83. The van der Waals surface area contributed by atoms with Crippen LogP contribution in [0.3, 0.4) is 0 Å². The lowest BCUT2D eigenvalue weighted by atomic mass is 10.0. The molecule has 0 spiro atoms. The van der Waals surface area contributed by atoms with Gasteiger partial charge in [-0.3, -0.25) is 9.56 Å². The smallest absolute Gasteiger partial charge is 0.147 e. The molecule has 0 atom stereocenters. The van der Waals surface area contributed by atoms with Crippen LogP contribution in [0.1, 0.15) is 0 Å². The molecule has 1 aliphatic rings. The van der Waals surface area contributed by atoms with Crippen LogP contribution in [0.15, 0.2) is 133 Å². The van der Waals surface area contributed by atoms with E-state index >= 15 is 0 Å². The third-order valence-corrected chi connectivity index (χ3v) is 8.37. The van der Waals surface area contributed by atoms with E-state index in [9.17, 15) is 0 Å².